The van der Waals surface area contributed by atoms with E-state index in [1.807, 2.05) is 27.8 Å². The normalized spacial score (nSPS) is 15.6. The van der Waals surface area contributed by atoms with Crippen LogP contribution in [0.4, 0.5) is 20.0 Å². The number of rotatable bonds is 13. The molecule has 0 bridgehead atoms. The highest BCUT2D eigenvalue weighted by Crippen LogP contribution is 2.48. The van der Waals surface area contributed by atoms with E-state index in [2.05, 4.69) is 42.4 Å². The lowest BCUT2D eigenvalue weighted by Gasteiger charge is -2.29. The molecule has 2 aliphatic rings. The number of hydrogen-bond acceptors (Lipinski definition) is 12. The fourth-order valence-electron chi connectivity index (χ4n) is 7.05. The summed E-state index contributed by atoms with van der Waals surface area (Å²) < 4.78 is 39.7. The zero-order valence-corrected chi connectivity index (χ0v) is 37.6. The van der Waals surface area contributed by atoms with Gasteiger partial charge in [0.25, 0.3) is 0 Å². The number of nitrogens with one attached hydrogen (secondary N) is 2. The molecule has 1 saturated heterocycles. The second kappa shape index (κ2) is 21.7. The van der Waals surface area contributed by atoms with Crippen molar-refractivity contribution >= 4 is 55.0 Å². The summed E-state index contributed by atoms with van der Waals surface area (Å²) in [7, 11) is 2.04. The molecule has 2 atom stereocenters. The van der Waals surface area contributed by atoms with E-state index < -0.39 is 23.6 Å². The van der Waals surface area contributed by atoms with Crippen molar-refractivity contribution in [3.05, 3.63) is 40.2 Å². The summed E-state index contributed by atoms with van der Waals surface area (Å²) in [5.41, 5.74) is 3.98. The fourth-order valence-corrected chi connectivity index (χ4v) is 8.11. The Labute approximate surface area is 353 Å². The van der Waals surface area contributed by atoms with Gasteiger partial charge in [0.2, 0.25) is 0 Å². The summed E-state index contributed by atoms with van der Waals surface area (Å²) in [5.74, 6) is -0.0455. The van der Waals surface area contributed by atoms with Crippen LogP contribution in [-0.4, -0.2) is 77.8 Å². The molecule has 4 heterocycles. The summed E-state index contributed by atoms with van der Waals surface area (Å²) in [6.07, 6.45) is 4.44. The highest BCUT2D eigenvalue weighted by molar-refractivity contribution is 7.23. The van der Waals surface area contributed by atoms with Crippen LogP contribution in [0.15, 0.2) is 12.1 Å². The Balaban J connectivity index is 0.00000121. The van der Waals surface area contributed by atoms with Crippen molar-refractivity contribution in [3.63, 3.8) is 0 Å². The molecule has 0 spiro atoms. The minimum atomic E-state index is -0.774. The van der Waals surface area contributed by atoms with Gasteiger partial charge >= 0.3 is 12.1 Å². The lowest BCUT2D eigenvalue weighted by atomic mass is 9.85. The topological polar surface area (TPSA) is 148 Å². The van der Waals surface area contributed by atoms with Crippen LogP contribution in [0.3, 0.4) is 0 Å². The van der Waals surface area contributed by atoms with Crippen molar-refractivity contribution in [2.75, 3.05) is 44.0 Å². The number of ketones is 1. The highest BCUT2D eigenvalue weighted by Gasteiger charge is 2.32. The molecule has 12 nitrogen and oxygen atoms in total. The van der Waals surface area contributed by atoms with Gasteiger partial charge in [0.05, 0.1) is 41.6 Å². The molecule has 0 aliphatic carbocycles. The molecule has 14 heteroatoms. The molecule has 322 valence electrons. The van der Waals surface area contributed by atoms with Crippen molar-refractivity contribution in [2.45, 2.75) is 139 Å². The predicted octanol–water partition coefficient (Wildman–Crippen LogP) is 10.6. The minimum Gasteiger partial charge on any atom is -0.461 e. The third-order valence-corrected chi connectivity index (χ3v) is 11.0. The second-order valence-corrected chi connectivity index (χ2v) is 16.7. The number of benzene rings is 2. The van der Waals surface area contributed by atoms with E-state index in [-0.39, 0.29) is 53.0 Å². The number of carbonyl (C=O) groups is 2. The lowest BCUT2D eigenvalue weighted by Crippen LogP contribution is -2.42. The molecule has 1 amide bonds. The summed E-state index contributed by atoms with van der Waals surface area (Å²) in [6.45, 7) is 22.1. The van der Waals surface area contributed by atoms with Crippen LogP contribution in [0.1, 0.15) is 124 Å². The molecule has 2 aromatic carbocycles. The van der Waals surface area contributed by atoms with Gasteiger partial charge in [0, 0.05) is 23.9 Å². The summed E-state index contributed by atoms with van der Waals surface area (Å²) in [5, 5.41) is 18.0. The van der Waals surface area contributed by atoms with Crippen molar-refractivity contribution in [1.29, 1.82) is 5.26 Å². The number of nitriles is 1. The fraction of sp³-hybridized carbons (Fsp3) is 0.578. The summed E-state index contributed by atoms with van der Waals surface area (Å²) >= 11 is 0.990. The van der Waals surface area contributed by atoms with Gasteiger partial charge in [-0.05, 0) is 81.5 Å². The van der Waals surface area contributed by atoms with Crippen LogP contribution in [0.25, 0.3) is 32.1 Å². The van der Waals surface area contributed by atoms with Gasteiger partial charge < -0.3 is 29.2 Å². The zero-order valence-electron chi connectivity index (χ0n) is 36.8. The number of carbonyl (C=O) groups excluding carboxylic acids is 2. The van der Waals surface area contributed by atoms with Crippen LogP contribution >= 0.6 is 11.3 Å². The Morgan fingerprint density at radius 2 is 1.78 bits per heavy atom. The van der Waals surface area contributed by atoms with Gasteiger partial charge in [0.15, 0.2) is 5.78 Å². The number of Topliss-reactive ketones (excluding diaryl/α,β-unsaturated/α-hetero) is 1. The third-order valence-electron chi connectivity index (χ3n) is 9.84. The number of aromatic nitrogens is 2. The van der Waals surface area contributed by atoms with E-state index in [0.29, 0.717) is 48.3 Å². The van der Waals surface area contributed by atoms with Crippen LogP contribution in [0, 0.1) is 17.1 Å². The maximum absolute atomic E-state index is 15.7. The van der Waals surface area contributed by atoms with E-state index in [1.165, 1.54) is 18.9 Å². The number of unbranched alkanes of at least 4 members (excludes halogenated alkanes) is 1. The first-order valence-electron chi connectivity index (χ1n) is 21.1. The monoisotopic (exact) mass is 834 g/mol. The largest absolute Gasteiger partial charge is 0.461 e. The smallest absolute Gasteiger partial charge is 0.412 e. The van der Waals surface area contributed by atoms with E-state index in [4.69, 9.17) is 28.9 Å². The Bertz CT molecular complexity index is 2120. The number of fused-ring (bicyclic) bond motifs is 4. The van der Waals surface area contributed by atoms with Gasteiger partial charge in [-0.1, -0.05) is 73.3 Å². The first kappa shape index (κ1) is 47.3. The van der Waals surface area contributed by atoms with E-state index in [0.717, 1.165) is 58.4 Å². The minimum absolute atomic E-state index is 0.0102. The molecular weight excluding hydrogens is 772 g/mol. The number of thiophene rings is 1. The van der Waals surface area contributed by atoms with E-state index in [1.54, 1.807) is 33.8 Å². The van der Waals surface area contributed by atoms with Gasteiger partial charge in [-0.15, -0.1) is 11.3 Å². The number of anilines is 2. The van der Waals surface area contributed by atoms with E-state index in [9.17, 15) is 14.9 Å². The lowest BCUT2D eigenvalue weighted by molar-refractivity contribution is -0.117. The Kier molecular flexibility index (Phi) is 17.4. The van der Waals surface area contributed by atoms with Crippen molar-refractivity contribution < 1.29 is 32.9 Å². The predicted molar refractivity (Wildman–Crippen MR) is 235 cm³/mol. The second-order valence-electron chi connectivity index (χ2n) is 15.6. The van der Waals surface area contributed by atoms with Crippen molar-refractivity contribution in [3.8, 4) is 23.2 Å². The molecule has 1 fully saturated rings. The average molecular weight is 835 g/mol. The van der Waals surface area contributed by atoms with E-state index >= 15 is 4.39 Å². The molecule has 2 aliphatic heterocycles. The number of amides is 1. The first-order chi connectivity index (χ1) is 28.2. The van der Waals surface area contributed by atoms with Crippen LogP contribution < -0.4 is 15.4 Å². The molecule has 0 radical (unpaired) electrons. The number of ether oxygens (including phenoxy) is 4. The first-order valence-corrected chi connectivity index (χ1v) is 21.9. The number of halogens is 1. The zero-order chi connectivity index (χ0) is 43.4. The van der Waals surface area contributed by atoms with Gasteiger partial charge in [-0.3, -0.25) is 10.1 Å². The molecule has 0 saturated carbocycles. The Morgan fingerprint density at radius 1 is 1.07 bits per heavy atom. The molecular formula is C45H63FN6O6S. The third kappa shape index (κ3) is 11.4. The average Bonchev–Trinajstić information content (AvgIpc) is 3.83. The van der Waals surface area contributed by atoms with Gasteiger partial charge in [-0.2, -0.15) is 15.2 Å². The summed E-state index contributed by atoms with van der Waals surface area (Å²) in [6, 6.07) is 4.96. The maximum Gasteiger partial charge on any atom is 0.412 e. The molecule has 59 heavy (non-hydrogen) atoms. The SMILES string of the molecule is CC.CCCC.CCCc1c(-c2ccc(F)c3sc(NC(=O)OC(C)(C)C)c(C#N)c23)c2c(c3c(NC(CCC)C(C)=O)nc(OCC4CN(C)CCO4)nc13)COC2. The quantitative estimate of drug-likeness (QED) is 0.133. The van der Waals surface area contributed by atoms with Gasteiger partial charge in [0.1, 0.15) is 41.0 Å². The molecule has 2 aromatic heterocycles. The van der Waals surface area contributed by atoms with Crippen molar-refractivity contribution in [1.82, 2.24) is 14.9 Å². The molecule has 6 rings (SSSR count). The highest BCUT2D eigenvalue weighted by atomic mass is 32.1. The van der Waals surface area contributed by atoms with Gasteiger partial charge in [-0.25, -0.2) is 9.18 Å². The maximum atomic E-state index is 15.7. The molecule has 2 unspecified atom stereocenters. The van der Waals surface area contributed by atoms with Crippen LogP contribution in [0.2, 0.25) is 0 Å². The number of morpholine rings is 1. The number of hydrogen-bond donors (Lipinski definition) is 2. The molecule has 4 aromatic rings. The summed E-state index contributed by atoms with van der Waals surface area (Å²) in [4.78, 5) is 37.8. The van der Waals surface area contributed by atoms with Crippen molar-refractivity contribution in [2.24, 2.45) is 0 Å². The molecule has 2 N–H and O–H groups in total. The number of nitrogens with zero attached hydrogens (tertiary/aromatic N) is 4. The number of aryl methyl sites for hydroxylation is 1. The Morgan fingerprint density at radius 3 is 2.39 bits per heavy atom. The standard InChI is InChI=1S/C39H47FN6O6S.C4H10.C2H6/c1-8-10-24-30(23-12-13-28(40)34-31(23)25(16-41)36(53-34)45-38(48)52-39(4,5)6)26-19-49-20-27(26)32-33(24)43-37(51-18-22-17-46(7)14-15-50-22)44-35(32)42-29(11-9-2)21(3)47;1-3-4-2;1-2/h12-13,22,29H,8-11,14-15,17-20H2,1-7H3,(H,45,48)(H,42,43,44);3-4H2,1-2H3;1-2H3. The van der Waals surface area contributed by atoms with Crippen LogP contribution in [-0.2, 0) is 38.6 Å². The van der Waals surface area contributed by atoms with Crippen LogP contribution in [0.5, 0.6) is 6.01 Å². The Hall–Kier alpha value is -4.42. The number of likely N-dealkylation sites (N-methyl/N-ethyl adjacent to an activating group) is 1.